The van der Waals surface area contributed by atoms with Gasteiger partial charge in [0, 0.05) is 10.9 Å². The SMILES string of the molecule is O=C(O)[C@]12C[C@@H](c3ccccc31)c1ccc(Cl)cc12. The van der Waals surface area contributed by atoms with E-state index in [1.165, 1.54) is 0 Å². The molecule has 0 amide bonds. The zero-order valence-electron chi connectivity index (χ0n) is 10.1. The number of carbonyl (C=O) groups is 1. The molecule has 1 N–H and O–H groups in total. The summed E-state index contributed by atoms with van der Waals surface area (Å²) < 4.78 is 0. The van der Waals surface area contributed by atoms with E-state index >= 15 is 0 Å². The molecule has 2 atom stereocenters. The second kappa shape index (κ2) is 3.40. The number of carboxylic acid groups (broad SMARTS) is 1. The Morgan fingerprint density at radius 2 is 1.89 bits per heavy atom. The van der Waals surface area contributed by atoms with Crippen molar-refractivity contribution in [3.63, 3.8) is 0 Å². The highest BCUT2D eigenvalue weighted by Crippen LogP contribution is 2.60. The van der Waals surface area contributed by atoms with Crippen LogP contribution in [0, 0.1) is 0 Å². The molecule has 0 spiro atoms. The van der Waals surface area contributed by atoms with Gasteiger partial charge < -0.3 is 5.11 Å². The van der Waals surface area contributed by atoms with Crippen molar-refractivity contribution in [3.05, 3.63) is 69.7 Å². The molecule has 0 radical (unpaired) electrons. The number of benzene rings is 2. The number of hydrogen-bond donors (Lipinski definition) is 1. The zero-order chi connectivity index (χ0) is 13.2. The standard InChI is InChI=1S/C16H11ClO2/c17-9-5-6-11-12-8-16(15(18)19,14(11)7-9)13-4-2-1-3-10(12)13/h1-7,12H,8H2,(H,18,19)/t12-,16+/m0/s1. The van der Waals surface area contributed by atoms with Gasteiger partial charge in [0.15, 0.2) is 0 Å². The van der Waals surface area contributed by atoms with Gasteiger partial charge in [-0.1, -0.05) is 41.9 Å². The Kier molecular flexibility index (Phi) is 1.98. The Bertz CT molecular complexity index is 722. The average Bonchev–Trinajstić information content (AvgIpc) is 2.92. The van der Waals surface area contributed by atoms with E-state index in [2.05, 4.69) is 0 Å². The molecule has 0 saturated carbocycles. The molecule has 2 aliphatic carbocycles. The van der Waals surface area contributed by atoms with Gasteiger partial charge in [-0.3, -0.25) is 4.79 Å². The van der Waals surface area contributed by atoms with Crippen LogP contribution in [0.3, 0.4) is 0 Å². The van der Waals surface area contributed by atoms with Gasteiger partial charge in [0.2, 0.25) is 0 Å². The number of aliphatic carboxylic acids is 1. The van der Waals surface area contributed by atoms with E-state index < -0.39 is 11.4 Å². The molecule has 2 nitrogen and oxygen atoms in total. The molecule has 94 valence electrons. The lowest BCUT2D eigenvalue weighted by Gasteiger charge is -2.27. The highest BCUT2D eigenvalue weighted by atomic mass is 35.5. The molecular weight excluding hydrogens is 260 g/mol. The minimum Gasteiger partial charge on any atom is -0.480 e. The fraction of sp³-hybridized carbons (Fsp3) is 0.188. The van der Waals surface area contributed by atoms with Crippen LogP contribution < -0.4 is 0 Å². The van der Waals surface area contributed by atoms with Gasteiger partial charge in [-0.2, -0.15) is 0 Å². The van der Waals surface area contributed by atoms with Gasteiger partial charge in [-0.25, -0.2) is 0 Å². The molecule has 0 fully saturated rings. The molecule has 4 rings (SSSR count). The lowest BCUT2D eigenvalue weighted by Crippen LogP contribution is -2.33. The largest absolute Gasteiger partial charge is 0.480 e. The summed E-state index contributed by atoms with van der Waals surface area (Å²) in [5.41, 5.74) is 3.17. The third-order valence-corrected chi connectivity index (χ3v) is 4.76. The van der Waals surface area contributed by atoms with Gasteiger partial charge in [-0.15, -0.1) is 0 Å². The van der Waals surface area contributed by atoms with Crippen molar-refractivity contribution in [2.45, 2.75) is 17.8 Å². The van der Waals surface area contributed by atoms with Crippen LogP contribution in [0.2, 0.25) is 5.02 Å². The maximum absolute atomic E-state index is 12.0. The molecule has 2 bridgehead atoms. The predicted octanol–water partition coefficient (Wildman–Crippen LogP) is 3.56. The third-order valence-electron chi connectivity index (χ3n) is 4.52. The smallest absolute Gasteiger partial charge is 0.318 e. The van der Waals surface area contributed by atoms with Crippen LogP contribution in [-0.4, -0.2) is 11.1 Å². The van der Waals surface area contributed by atoms with Crippen molar-refractivity contribution < 1.29 is 9.90 Å². The summed E-state index contributed by atoms with van der Waals surface area (Å²) in [4.78, 5) is 12.0. The van der Waals surface area contributed by atoms with Crippen molar-refractivity contribution >= 4 is 17.6 Å². The van der Waals surface area contributed by atoms with Crippen LogP contribution in [0.15, 0.2) is 42.5 Å². The zero-order valence-corrected chi connectivity index (χ0v) is 10.8. The van der Waals surface area contributed by atoms with Crippen molar-refractivity contribution in [2.75, 3.05) is 0 Å². The van der Waals surface area contributed by atoms with Gasteiger partial charge in [-0.05, 0) is 40.8 Å². The van der Waals surface area contributed by atoms with Crippen LogP contribution in [0.1, 0.15) is 34.6 Å². The van der Waals surface area contributed by atoms with Gasteiger partial charge in [0.25, 0.3) is 0 Å². The quantitative estimate of drug-likeness (QED) is 0.860. The molecule has 19 heavy (non-hydrogen) atoms. The molecular formula is C16H11ClO2. The topological polar surface area (TPSA) is 37.3 Å². The fourth-order valence-corrected chi connectivity index (χ4v) is 3.94. The number of hydrogen-bond acceptors (Lipinski definition) is 1. The van der Waals surface area contributed by atoms with Crippen LogP contribution in [0.25, 0.3) is 0 Å². The van der Waals surface area contributed by atoms with Crippen LogP contribution in [0.5, 0.6) is 0 Å². The molecule has 2 aromatic carbocycles. The van der Waals surface area contributed by atoms with Gasteiger partial charge >= 0.3 is 5.97 Å². The van der Waals surface area contributed by atoms with Crippen LogP contribution in [0.4, 0.5) is 0 Å². The lowest BCUT2D eigenvalue weighted by atomic mass is 9.75. The first-order valence-corrected chi connectivity index (χ1v) is 6.65. The highest BCUT2D eigenvalue weighted by Gasteiger charge is 2.57. The molecule has 3 heteroatoms. The Morgan fingerprint density at radius 1 is 1.16 bits per heavy atom. The van der Waals surface area contributed by atoms with Crippen LogP contribution >= 0.6 is 11.6 Å². The van der Waals surface area contributed by atoms with E-state index in [1.54, 1.807) is 0 Å². The maximum Gasteiger partial charge on any atom is 0.318 e. The molecule has 0 aliphatic heterocycles. The lowest BCUT2D eigenvalue weighted by molar-refractivity contribution is -0.141. The Hall–Kier alpha value is -1.80. The van der Waals surface area contributed by atoms with Crippen molar-refractivity contribution in [3.8, 4) is 0 Å². The highest BCUT2D eigenvalue weighted by molar-refractivity contribution is 6.30. The predicted molar refractivity (Wildman–Crippen MR) is 72.8 cm³/mol. The number of carboxylic acids is 1. The second-order valence-electron chi connectivity index (χ2n) is 5.29. The van der Waals surface area contributed by atoms with Crippen molar-refractivity contribution in [1.29, 1.82) is 0 Å². The van der Waals surface area contributed by atoms with E-state index in [9.17, 15) is 9.90 Å². The van der Waals surface area contributed by atoms with Gasteiger partial charge in [0.05, 0.1) is 0 Å². The minimum absolute atomic E-state index is 0.194. The fourth-order valence-electron chi connectivity index (χ4n) is 3.77. The Labute approximate surface area is 115 Å². The van der Waals surface area contributed by atoms with E-state index in [0.29, 0.717) is 11.4 Å². The number of halogens is 1. The van der Waals surface area contributed by atoms with E-state index in [0.717, 1.165) is 22.3 Å². The molecule has 0 saturated heterocycles. The summed E-state index contributed by atoms with van der Waals surface area (Å²) in [6.45, 7) is 0. The number of fused-ring (bicyclic) bond motifs is 8. The summed E-state index contributed by atoms with van der Waals surface area (Å²) in [6, 6.07) is 13.5. The molecule has 0 unspecified atom stereocenters. The first-order chi connectivity index (χ1) is 9.14. The Balaban J connectivity index is 2.10. The summed E-state index contributed by atoms with van der Waals surface area (Å²) in [6.07, 6.45) is 0.622. The van der Waals surface area contributed by atoms with E-state index in [1.807, 2.05) is 42.5 Å². The first-order valence-electron chi connectivity index (χ1n) is 6.27. The number of rotatable bonds is 1. The summed E-state index contributed by atoms with van der Waals surface area (Å²) in [5.74, 6) is -0.581. The Morgan fingerprint density at radius 3 is 2.68 bits per heavy atom. The third kappa shape index (κ3) is 1.15. The second-order valence-corrected chi connectivity index (χ2v) is 5.72. The normalized spacial score (nSPS) is 26.1. The maximum atomic E-state index is 12.0. The van der Waals surface area contributed by atoms with Crippen molar-refractivity contribution in [1.82, 2.24) is 0 Å². The average molecular weight is 271 g/mol. The first kappa shape index (κ1) is 11.1. The summed E-state index contributed by atoms with van der Waals surface area (Å²) in [5, 5.41) is 10.4. The van der Waals surface area contributed by atoms with Gasteiger partial charge in [0.1, 0.15) is 5.41 Å². The van der Waals surface area contributed by atoms with Crippen LogP contribution in [-0.2, 0) is 10.2 Å². The summed E-state index contributed by atoms with van der Waals surface area (Å²) >= 11 is 6.06. The molecule has 2 aromatic rings. The monoisotopic (exact) mass is 270 g/mol. The van der Waals surface area contributed by atoms with E-state index in [-0.39, 0.29) is 5.92 Å². The summed E-state index contributed by atoms with van der Waals surface area (Å²) in [7, 11) is 0. The minimum atomic E-state index is -0.901. The molecule has 0 aromatic heterocycles. The van der Waals surface area contributed by atoms with E-state index in [4.69, 9.17) is 11.6 Å². The molecule has 0 heterocycles. The molecule has 2 aliphatic rings. The van der Waals surface area contributed by atoms with Crippen molar-refractivity contribution in [2.24, 2.45) is 0 Å².